The Bertz CT molecular complexity index is 611. The standard InChI is InChI=1S/C17H25NO2S2/c1-12(2)13-4-8-17(9-5-13)22(19,20)18-14-6-7-15(18)11-16(10-14)21-3/h4-5,8-9,12,14-16H,6-7,10-11H2,1-3H3. The molecule has 2 fully saturated rings. The lowest BCUT2D eigenvalue weighted by Gasteiger charge is -2.37. The van der Waals surface area contributed by atoms with Crippen molar-refractivity contribution < 1.29 is 8.42 Å². The first kappa shape index (κ1) is 16.3. The highest BCUT2D eigenvalue weighted by Gasteiger charge is 2.46. The first-order chi connectivity index (χ1) is 10.4. The van der Waals surface area contributed by atoms with Gasteiger partial charge in [0.15, 0.2) is 0 Å². The molecule has 0 spiro atoms. The number of piperidine rings is 1. The molecule has 3 rings (SSSR count). The van der Waals surface area contributed by atoms with Gasteiger partial charge in [-0.05, 0) is 55.6 Å². The van der Waals surface area contributed by atoms with Crippen LogP contribution in [0.25, 0.3) is 0 Å². The Morgan fingerprint density at radius 3 is 2.09 bits per heavy atom. The normalized spacial score (nSPS) is 29.2. The van der Waals surface area contributed by atoms with Gasteiger partial charge < -0.3 is 0 Å². The molecule has 1 aromatic carbocycles. The average Bonchev–Trinajstić information content (AvgIpc) is 2.79. The third kappa shape index (κ3) is 2.83. The molecule has 5 heteroatoms. The van der Waals surface area contributed by atoms with Gasteiger partial charge in [-0.25, -0.2) is 8.42 Å². The minimum Gasteiger partial charge on any atom is -0.207 e. The summed E-state index contributed by atoms with van der Waals surface area (Å²) in [7, 11) is -3.35. The third-order valence-corrected chi connectivity index (χ3v) is 8.15. The predicted octanol–water partition coefficient (Wildman–Crippen LogP) is 3.86. The van der Waals surface area contributed by atoms with Gasteiger partial charge in [0.1, 0.15) is 0 Å². The number of fused-ring (bicyclic) bond motifs is 2. The maximum absolute atomic E-state index is 13.0. The average molecular weight is 340 g/mol. The van der Waals surface area contributed by atoms with Crippen molar-refractivity contribution in [1.82, 2.24) is 4.31 Å². The van der Waals surface area contributed by atoms with Crippen molar-refractivity contribution in [2.24, 2.45) is 0 Å². The molecule has 0 N–H and O–H groups in total. The zero-order valence-electron chi connectivity index (χ0n) is 13.5. The Hall–Kier alpha value is -0.520. The quantitative estimate of drug-likeness (QED) is 0.836. The second-order valence-electron chi connectivity index (χ2n) is 6.77. The third-order valence-electron chi connectivity index (χ3n) is 5.08. The molecule has 2 heterocycles. The molecule has 3 nitrogen and oxygen atoms in total. The van der Waals surface area contributed by atoms with E-state index in [0.29, 0.717) is 16.1 Å². The lowest BCUT2D eigenvalue weighted by molar-refractivity contribution is 0.253. The van der Waals surface area contributed by atoms with Gasteiger partial charge in [-0.2, -0.15) is 16.1 Å². The van der Waals surface area contributed by atoms with Crippen LogP contribution in [0.2, 0.25) is 0 Å². The minimum absolute atomic E-state index is 0.200. The maximum atomic E-state index is 13.0. The molecule has 2 saturated heterocycles. The van der Waals surface area contributed by atoms with E-state index in [1.165, 1.54) is 5.56 Å². The van der Waals surface area contributed by atoms with Gasteiger partial charge in [0.2, 0.25) is 10.0 Å². The Kier molecular flexibility index (Phi) is 4.59. The monoisotopic (exact) mass is 339 g/mol. The number of benzene rings is 1. The van der Waals surface area contributed by atoms with Crippen molar-refractivity contribution in [2.45, 2.75) is 67.7 Å². The summed E-state index contributed by atoms with van der Waals surface area (Å²) < 4.78 is 27.9. The molecule has 0 saturated carbocycles. The Morgan fingerprint density at radius 1 is 1.09 bits per heavy atom. The summed E-state index contributed by atoms with van der Waals surface area (Å²) in [6.45, 7) is 4.24. The molecule has 0 aliphatic carbocycles. The van der Waals surface area contributed by atoms with E-state index in [4.69, 9.17) is 0 Å². The lowest BCUT2D eigenvalue weighted by Crippen LogP contribution is -2.47. The number of hydrogen-bond donors (Lipinski definition) is 0. The van der Waals surface area contributed by atoms with Gasteiger partial charge in [0, 0.05) is 17.3 Å². The van der Waals surface area contributed by atoms with Crippen LogP contribution in [-0.4, -0.2) is 36.3 Å². The van der Waals surface area contributed by atoms with Crippen LogP contribution < -0.4 is 0 Å². The summed E-state index contributed by atoms with van der Waals surface area (Å²) in [4.78, 5) is 0.455. The van der Waals surface area contributed by atoms with Crippen LogP contribution in [0.3, 0.4) is 0 Å². The Morgan fingerprint density at radius 2 is 1.64 bits per heavy atom. The molecule has 122 valence electrons. The molecule has 2 unspecified atom stereocenters. The second kappa shape index (κ2) is 6.17. The molecule has 0 amide bonds. The SMILES string of the molecule is CSC1CC2CCC(C1)N2S(=O)(=O)c1ccc(C(C)C)cc1. The van der Waals surface area contributed by atoms with Crippen LogP contribution in [0.15, 0.2) is 29.2 Å². The molecule has 2 atom stereocenters. The summed E-state index contributed by atoms with van der Waals surface area (Å²) >= 11 is 1.89. The van der Waals surface area contributed by atoms with Crippen LogP contribution in [0.1, 0.15) is 51.0 Å². The zero-order chi connectivity index (χ0) is 15.9. The Balaban J connectivity index is 1.87. The number of nitrogens with zero attached hydrogens (tertiary/aromatic N) is 1. The van der Waals surface area contributed by atoms with E-state index in [1.807, 2.05) is 28.2 Å². The summed E-state index contributed by atoms with van der Waals surface area (Å²) in [5.74, 6) is 0.422. The van der Waals surface area contributed by atoms with Crippen molar-refractivity contribution in [3.8, 4) is 0 Å². The first-order valence-electron chi connectivity index (χ1n) is 8.09. The summed E-state index contributed by atoms with van der Waals surface area (Å²) in [6.07, 6.45) is 6.18. The predicted molar refractivity (Wildman–Crippen MR) is 92.9 cm³/mol. The van der Waals surface area contributed by atoms with E-state index in [-0.39, 0.29) is 12.1 Å². The highest BCUT2D eigenvalue weighted by molar-refractivity contribution is 7.99. The van der Waals surface area contributed by atoms with Crippen molar-refractivity contribution >= 4 is 21.8 Å². The van der Waals surface area contributed by atoms with Gasteiger partial charge in [-0.15, -0.1) is 0 Å². The lowest BCUT2D eigenvalue weighted by atomic mass is 10.0. The number of rotatable bonds is 4. The van der Waals surface area contributed by atoms with Gasteiger partial charge in [0.05, 0.1) is 4.90 Å². The zero-order valence-corrected chi connectivity index (χ0v) is 15.2. The molecule has 2 aliphatic heterocycles. The van der Waals surface area contributed by atoms with Crippen molar-refractivity contribution in [3.05, 3.63) is 29.8 Å². The van der Waals surface area contributed by atoms with E-state index >= 15 is 0 Å². The molecular formula is C17H25NO2S2. The maximum Gasteiger partial charge on any atom is 0.243 e. The van der Waals surface area contributed by atoms with Crippen LogP contribution >= 0.6 is 11.8 Å². The van der Waals surface area contributed by atoms with E-state index in [1.54, 1.807) is 12.1 Å². The highest BCUT2D eigenvalue weighted by atomic mass is 32.2. The summed E-state index contributed by atoms with van der Waals surface area (Å²) in [5, 5.41) is 0.618. The molecule has 2 aliphatic rings. The highest BCUT2D eigenvalue weighted by Crippen LogP contribution is 2.42. The topological polar surface area (TPSA) is 37.4 Å². The number of sulfonamides is 1. The van der Waals surface area contributed by atoms with Crippen molar-refractivity contribution in [2.75, 3.05) is 6.26 Å². The largest absolute Gasteiger partial charge is 0.243 e. The second-order valence-corrected chi connectivity index (χ2v) is 9.75. The summed E-state index contributed by atoms with van der Waals surface area (Å²) in [6, 6.07) is 7.87. The van der Waals surface area contributed by atoms with Gasteiger partial charge in [0.25, 0.3) is 0 Å². The molecule has 0 radical (unpaired) electrons. The smallest absolute Gasteiger partial charge is 0.207 e. The van der Waals surface area contributed by atoms with Crippen molar-refractivity contribution in [3.63, 3.8) is 0 Å². The molecular weight excluding hydrogens is 314 g/mol. The Labute approximate surface area is 138 Å². The molecule has 0 aromatic heterocycles. The minimum atomic E-state index is -3.35. The van der Waals surface area contributed by atoms with Gasteiger partial charge in [-0.1, -0.05) is 26.0 Å². The van der Waals surface area contributed by atoms with Crippen LogP contribution in [-0.2, 0) is 10.0 Å². The fourth-order valence-electron chi connectivity index (χ4n) is 3.82. The van der Waals surface area contributed by atoms with E-state index in [9.17, 15) is 8.42 Å². The van der Waals surface area contributed by atoms with E-state index in [2.05, 4.69) is 20.1 Å². The summed E-state index contributed by atoms with van der Waals surface area (Å²) in [5.41, 5.74) is 1.18. The van der Waals surface area contributed by atoms with Crippen LogP contribution in [0, 0.1) is 0 Å². The van der Waals surface area contributed by atoms with E-state index in [0.717, 1.165) is 25.7 Å². The van der Waals surface area contributed by atoms with Crippen LogP contribution in [0.5, 0.6) is 0 Å². The van der Waals surface area contributed by atoms with Crippen LogP contribution in [0.4, 0.5) is 0 Å². The molecule has 22 heavy (non-hydrogen) atoms. The molecule has 1 aromatic rings. The fourth-order valence-corrected chi connectivity index (χ4v) is 6.54. The number of thioether (sulfide) groups is 1. The van der Waals surface area contributed by atoms with Crippen molar-refractivity contribution in [1.29, 1.82) is 0 Å². The fraction of sp³-hybridized carbons (Fsp3) is 0.647. The van der Waals surface area contributed by atoms with Gasteiger partial charge in [-0.3, -0.25) is 0 Å². The molecule has 2 bridgehead atoms. The van der Waals surface area contributed by atoms with Gasteiger partial charge >= 0.3 is 0 Å². The first-order valence-corrected chi connectivity index (χ1v) is 10.8. The number of hydrogen-bond acceptors (Lipinski definition) is 3. The van der Waals surface area contributed by atoms with E-state index < -0.39 is 10.0 Å².